The highest BCUT2D eigenvalue weighted by Gasteiger charge is 2.74. The van der Waals surface area contributed by atoms with Gasteiger partial charge in [-0.3, -0.25) is 9.69 Å². The van der Waals surface area contributed by atoms with Crippen molar-refractivity contribution in [3.8, 4) is 17.1 Å². The van der Waals surface area contributed by atoms with Crippen LogP contribution in [0.25, 0.3) is 11.3 Å². The summed E-state index contributed by atoms with van der Waals surface area (Å²) in [7, 11) is 0. The molecule has 0 radical (unpaired) electrons. The van der Waals surface area contributed by atoms with Gasteiger partial charge in [0.05, 0.1) is 35.0 Å². The van der Waals surface area contributed by atoms with Gasteiger partial charge in [-0.15, -0.1) is 13.2 Å². The number of ketones is 1. The molecule has 3 aromatic rings. The second kappa shape index (κ2) is 14.7. The van der Waals surface area contributed by atoms with Crippen LogP contribution in [0.1, 0.15) is 80.5 Å². The van der Waals surface area contributed by atoms with Crippen LogP contribution in [-0.2, 0) is 12.7 Å². The molecule has 6 aliphatic carbocycles. The van der Waals surface area contributed by atoms with Crippen molar-refractivity contribution in [3.63, 3.8) is 0 Å². The lowest BCUT2D eigenvalue weighted by molar-refractivity contribution is -0.274. The summed E-state index contributed by atoms with van der Waals surface area (Å²) in [5, 5.41) is 44.5. The Hall–Kier alpha value is -3.66. The number of fused-ring (bicyclic) bond motifs is 1. The molecule has 15 heteroatoms. The van der Waals surface area contributed by atoms with Crippen LogP contribution in [0.5, 0.6) is 5.75 Å². The zero-order valence-corrected chi connectivity index (χ0v) is 33.9. The number of hydrogen-bond donors (Lipinski definition) is 4. The number of ether oxygens (including phenoxy) is 1. The van der Waals surface area contributed by atoms with Crippen molar-refractivity contribution in [2.45, 2.75) is 95.7 Å². The number of carbonyl (C=O) groups excluding carboxylic acids is 1. The van der Waals surface area contributed by atoms with Crippen LogP contribution in [0, 0.1) is 33.5 Å². The maximum absolute atomic E-state index is 15.1. The first-order chi connectivity index (χ1) is 28.1. The predicted octanol–water partition coefficient (Wildman–Crippen LogP) is 9.15. The summed E-state index contributed by atoms with van der Waals surface area (Å²) < 4.78 is 89.7. The molecule has 0 aliphatic heterocycles. The number of furan rings is 1. The zero-order chi connectivity index (χ0) is 43.3. The number of hydrogen-bond acceptors (Lipinski definition) is 8. The SMILES string of the molecule is C[C@]12CC[C@H]3[C@]4(C=C[C@@]5(C=C4C(=O)c4ccc(-c6cc(C(F)(F)F)ccc6Cl)o4)CC(O)CC[C@]35C)[C@@H]1CC[C@@]2(O)CN(Cc1ccc(OC(F)(F)F)cc1)C[C@H](O)CO. The van der Waals surface area contributed by atoms with Crippen molar-refractivity contribution in [1.29, 1.82) is 0 Å². The molecular formula is C45H48ClF6NO7. The molecule has 60 heavy (non-hydrogen) atoms. The summed E-state index contributed by atoms with van der Waals surface area (Å²) in [5.74, 6) is -1.29. The third kappa shape index (κ3) is 6.93. The Morgan fingerprint density at radius 3 is 2.32 bits per heavy atom. The van der Waals surface area contributed by atoms with Gasteiger partial charge in [0, 0.05) is 47.0 Å². The Morgan fingerprint density at radius 2 is 1.63 bits per heavy atom. The smallest absolute Gasteiger partial charge is 0.453 e. The molecule has 0 amide bonds. The Bertz CT molecular complexity index is 2210. The van der Waals surface area contributed by atoms with Crippen LogP contribution in [0.15, 0.2) is 82.8 Å². The van der Waals surface area contributed by atoms with Gasteiger partial charge in [-0.2, -0.15) is 13.2 Å². The number of Topliss-reactive ketones (excluding diaryl/α,β-unsaturated/α-hetero) is 1. The fourth-order valence-corrected chi connectivity index (χ4v) is 12.4. The topological polar surface area (TPSA) is 124 Å². The Balaban J connectivity index is 1.16. The molecule has 9 atom stereocenters. The van der Waals surface area contributed by atoms with Gasteiger partial charge < -0.3 is 29.6 Å². The third-order valence-corrected chi connectivity index (χ3v) is 15.4. The summed E-state index contributed by atoms with van der Waals surface area (Å²) in [6, 6.07) is 11.1. The van der Waals surface area contributed by atoms with Crippen LogP contribution in [0.4, 0.5) is 26.3 Å². The summed E-state index contributed by atoms with van der Waals surface area (Å²) in [5.41, 5.74) is -4.02. The van der Waals surface area contributed by atoms with E-state index >= 15 is 4.79 Å². The third-order valence-electron chi connectivity index (χ3n) is 15.1. The number of aliphatic hydroxyl groups excluding tert-OH is 3. The minimum absolute atomic E-state index is 0.00639. The van der Waals surface area contributed by atoms with E-state index in [-0.39, 0.29) is 59.0 Å². The first kappa shape index (κ1) is 43.0. The molecule has 2 bridgehead atoms. The van der Waals surface area contributed by atoms with Crippen molar-refractivity contribution in [2.75, 3.05) is 19.7 Å². The van der Waals surface area contributed by atoms with E-state index in [4.69, 9.17) is 16.0 Å². The second-order valence-corrected chi connectivity index (χ2v) is 18.6. The Morgan fingerprint density at radius 1 is 0.950 bits per heavy atom. The van der Waals surface area contributed by atoms with E-state index in [0.29, 0.717) is 56.1 Å². The molecule has 0 saturated heterocycles. The lowest BCUT2D eigenvalue weighted by atomic mass is 9.32. The largest absolute Gasteiger partial charge is 0.573 e. The number of alkyl halides is 6. The van der Waals surface area contributed by atoms with E-state index in [1.54, 1.807) is 4.90 Å². The van der Waals surface area contributed by atoms with E-state index in [0.717, 1.165) is 18.2 Å². The van der Waals surface area contributed by atoms with E-state index in [1.165, 1.54) is 36.4 Å². The van der Waals surface area contributed by atoms with Crippen LogP contribution < -0.4 is 4.74 Å². The van der Waals surface area contributed by atoms with Crippen molar-refractivity contribution >= 4 is 17.4 Å². The van der Waals surface area contributed by atoms with Crippen molar-refractivity contribution in [2.24, 2.45) is 33.5 Å². The molecule has 1 unspecified atom stereocenters. The molecule has 4 N–H and O–H groups in total. The van der Waals surface area contributed by atoms with Crippen molar-refractivity contribution in [3.05, 3.63) is 100 Å². The van der Waals surface area contributed by atoms with E-state index in [2.05, 4.69) is 23.8 Å². The van der Waals surface area contributed by atoms with E-state index in [1.807, 2.05) is 13.0 Å². The molecule has 1 heterocycles. The Labute approximate surface area is 348 Å². The zero-order valence-electron chi connectivity index (χ0n) is 33.1. The standard InChI is InChI=1S/C45H48ClF6NO7/c1-39-14-11-28(55)20-41(39)17-18-43(32(21-41)38(57)35-10-9-34(59-35)31-19-27(44(47,48)49)5-8-33(31)46)36(39)12-15-40(2)37(43)13-16-42(40,58)25-53(23-29(56)24-54)22-26-3-6-30(7-4-26)60-45(50,51)52/h3-10,17-19,21,28-29,36-37,54-56,58H,11-16,20,22-25H2,1-2H3/t28?,29-,36+,37+,39+,40-,41-,42+,43+/m0/s1. The molecule has 2 spiro atoms. The lowest BCUT2D eigenvalue weighted by Gasteiger charge is -2.71. The molecule has 8 nitrogen and oxygen atoms in total. The van der Waals surface area contributed by atoms with Gasteiger partial charge in [-0.25, -0.2) is 0 Å². The highest BCUT2D eigenvalue weighted by Crippen LogP contribution is 2.78. The minimum atomic E-state index is -4.86. The van der Waals surface area contributed by atoms with Gasteiger partial charge in [0.2, 0.25) is 5.78 Å². The maximum atomic E-state index is 15.1. The molecular weight excluding hydrogens is 816 g/mol. The normalized spacial score (nSPS) is 33.9. The van der Waals surface area contributed by atoms with Gasteiger partial charge in [0.25, 0.3) is 0 Å². The first-order valence-corrected chi connectivity index (χ1v) is 20.7. The lowest BCUT2D eigenvalue weighted by Crippen LogP contribution is -2.67. The molecule has 2 aromatic carbocycles. The predicted molar refractivity (Wildman–Crippen MR) is 209 cm³/mol. The van der Waals surface area contributed by atoms with Gasteiger partial charge in [0.1, 0.15) is 11.5 Å². The average molecular weight is 864 g/mol. The van der Waals surface area contributed by atoms with Crippen molar-refractivity contribution < 1.29 is 60.7 Å². The summed E-state index contributed by atoms with van der Waals surface area (Å²) >= 11 is 6.36. The fraction of sp³-hybridized carbons (Fsp3) is 0.533. The molecule has 3 fully saturated rings. The number of carbonyl (C=O) groups is 1. The number of aliphatic hydroxyl groups is 4. The van der Waals surface area contributed by atoms with Gasteiger partial charge >= 0.3 is 12.5 Å². The van der Waals surface area contributed by atoms with Gasteiger partial charge in [-0.05, 0) is 110 Å². The molecule has 1 aromatic heterocycles. The fourth-order valence-electron chi connectivity index (χ4n) is 12.2. The van der Waals surface area contributed by atoms with E-state index < -0.39 is 70.3 Å². The second-order valence-electron chi connectivity index (χ2n) is 18.2. The van der Waals surface area contributed by atoms with Crippen LogP contribution in [-0.4, -0.2) is 75.0 Å². The monoisotopic (exact) mass is 863 g/mol. The summed E-state index contributed by atoms with van der Waals surface area (Å²) in [4.78, 5) is 16.9. The average Bonchev–Trinajstić information content (AvgIpc) is 3.77. The minimum Gasteiger partial charge on any atom is -0.453 e. The van der Waals surface area contributed by atoms with E-state index in [9.17, 15) is 46.8 Å². The highest BCUT2D eigenvalue weighted by molar-refractivity contribution is 6.33. The molecule has 324 valence electrons. The van der Waals surface area contributed by atoms with Crippen LogP contribution in [0.3, 0.4) is 0 Å². The van der Waals surface area contributed by atoms with Crippen molar-refractivity contribution in [1.82, 2.24) is 4.90 Å². The van der Waals surface area contributed by atoms with Gasteiger partial charge in [-0.1, -0.05) is 55.8 Å². The highest BCUT2D eigenvalue weighted by atomic mass is 35.5. The quantitative estimate of drug-likeness (QED) is 0.0856. The Kier molecular flexibility index (Phi) is 10.6. The number of nitrogens with zero attached hydrogens (tertiary/aromatic N) is 1. The number of rotatable bonds is 11. The van der Waals surface area contributed by atoms with Crippen LogP contribution in [0.2, 0.25) is 5.02 Å². The number of allylic oxidation sites excluding steroid dienone is 4. The molecule has 9 rings (SSSR count). The van der Waals surface area contributed by atoms with Crippen LogP contribution >= 0.6 is 11.6 Å². The number of benzene rings is 2. The molecule has 3 saturated carbocycles. The summed E-state index contributed by atoms with van der Waals surface area (Å²) in [6.07, 6.45) is -1.29. The maximum Gasteiger partial charge on any atom is 0.573 e. The number of halogens is 7. The molecule has 6 aliphatic rings. The summed E-state index contributed by atoms with van der Waals surface area (Å²) in [6.45, 7) is 3.83. The first-order valence-electron chi connectivity index (χ1n) is 20.3. The van der Waals surface area contributed by atoms with Gasteiger partial charge in [0.15, 0.2) is 5.76 Å².